The van der Waals surface area contributed by atoms with Crippen LogP contribution in [0.1, 0.15) is 90.8 Å². The van der Waals surface area contributed by atoms with Gasteiger partial charge in [0.05, 0.1) is 25.2 Å². The summed E-state index contributed by atoms with van der Waals surface area (Å²) >= 11 is 0. The summed E-state index contributed by atoms with van der Waals surface area (Å²) in [7, 11) is 1.34. The summed E-state index contributed by atoms with van der Waals surface area (Å²) in [5.41, 5.74) is 2.41. The fourth-order valence-electron chi connectivity index (χ4n) is 6.33. The first kappa shape index (κ1) is 26.7. The highest BCUT2D eigenvalue weighted by Crippen LogP contribution is 2.45. The van der Waals surface area contributed by atoms with E-state index in [1.165, 1.54) is 58.6 Å². The van der Waals surface area contributed by atoms with Crippen LogP contribution in [0.15, 0.2) is 36.4 Å². The number of aliphatic hydroxyl groups excluding tert-OH is 1. The third-order valence-electron chi connectivity index (χ3n) is 8.47. The number of aliphatic hydroxyl groups is 1. The first-order valence-corrected chi connectivity index (χ1v) is 14.2. The third kappa shape index (κ3) is 6.05. The number of hydrogen-bond acceptors (Lipinski definition) is 6. The van der Waals surface area contributed by atoms with E-state index in [1.807, 2.05) is 6.07 Å². The highest BCUT2D eigenvalue weighted by Gasteiger charge is 2.35. The highest BCUT2D eigenvalue weighted by molar-refractivity contribution is 5.93. The summed E-state index contributed by atoms with van der Waals surface area (Å²) in [5, 5.41) is 13.0. The van der Waals surface area contributed by atoms with Gasteiger partial charge in [-0.15, -0.1) is 0 Å². The summed E-state index contributed by atoms with van der Waals surface area (Å²) in [6.45, 7) is 3.06. The number of carbonyl (C=O) groups is 2. The Balaban J connectivity index is 1.29. The van der Waals surface area contributed by atoms with Crippen molar-refractivity contribution >= 4 is 11.9 Å². The Morgan fingerprint density at radius 2 is 1.61 bits per heavy atom. The normalized spacial score (nSPS) is 20.8. The van der Waals surface area contributed by atoms with Gasteiger partial charge in [0, 0.05) is 36.8 Å². The van der Waals surface area contributed by atoms with E-state index in [-0.39, 0.29) is 18.6 Å². The van der Waals surface area contributed by atoms with Gasteiger partial charge in [-0.05, 0) is 67.5 Å². The fourth-order valence-corrected chi connectivity index (χ4v) is 6.33. The van der Waals surface area contributed by atoms with Gasteiger partial charge in [-0.2, -0.15) is 0 Å². The summed E-state index contributed by atoms with van der Waals surface area (Å²) in [6.07, 6.45) is 11.4. The van der Waals surface area contributed by atoms with Gasteiger partial charge in [0.1, 0.15) is 11.5 Å². The number of nitrogens with zero attached hydrogens (tertiary/aromatic N) is 1. The lowest BCUT2D eigenvalue weighted by molar-refractivity contribution is -0.122. The van der Waals surface area contributed by atoms with Gasteiger partial charge in [0.15, 0.2) is 0 Å². The topological polar surface area (TPSA) is 88.1 Å². The number of esters is 1. The molecule has 7 nitrogen and oxygen atoms in total. The van der Waals surface area contributed by atoms with Crippen molar-refractivity contribution in [1.82, 2.24) is 10.2 Å². The second kappa shape index (κ2) is 12.3. The number of piperidine rings is 1. The SMILES string of the molecule is COC(=O)c1ccc2c(c1)C(C(=O)NC1CCN(CC3CCCCCCC3)CC1)c1cc(CO)ccc1O2. The molecule has 1 aliphatic carbocycles. The zero-order valence-electron chi connectivity index (χ0n) is 22.4. The molecule has 1 amide bonds. The van der Waals surface area contributed by atoms with Crippen molar-refractivity contribution in [1.29, 1.82) is 0 Å². The molecule has 1 saturated carbocycles. The molecule has 1 saturated heterocycles. The van der Waals surface area contributed by atoms with Gasteiger partial charge in [0.25, 0.3) is 0 Å². The number of ether oxygens (including phenoxy) is 2. The van der Waals surface area contributed by atoms with Crippen molar-refractivity contribution in [3.63, 3.8) is 0 Å². The van der Waals surface area contributed by atoms with Crippen LogP contribution >= 0.6 is 0 Å². The molecule has 0 aromatic heterocycles. The molecule has 2 N–H and O–H groups in total. The van der Waals surface area contributed by atoms with Gasteiger partial charge in [-0.3, -0.25) is 4.79 Å². The van der Waals surface area contributed by atoms with Gasteiger partial charge in [-0.25, -0.2) is 4.79 Å². The lowest BCUT2D eigenvalue weighted by Crippen LogP contribution is -2.47. The minimum Gasteiger partial charge on any atom is -0.465 e. The highest BCUT2D eigenvalue weighted by atomic mass is 16.5. The van der Waals surface area contributed by atoms with E-state index in [1.54, 1.807) is 30.3 Å². The molecule has 204 valence electrons. The lowest BCUT2D eigenvalue weighted by atomic mass is 9.85. The van der Waals surface area contributed by atoms with Crippen LogP contribution in [0.3, 0.4) is 0 Å². The molecule has 38 heavy (non-hydrogen) atoms. The predicted octanol–water partition coefficient (Wildman–Crippen LogP) is 5.14. The van der Waals surface area contributed by atoms with E-state index >= 15 is 0 Å². The van der Waals surface area contributed by atoms with Crippen LogP contribution in [0.5, 0.6) is 11.5 Å². The standard InChI is InChI=1S/C31H40N2O5/c1-37-31(36)23-10-12-28-26(18-23)29(25-17-22(20-34)9-11-27(25)38-28)30(35)32-24-13-15-33(16-14-24)19-21-7-5-3-2-4-6-8-21/h9-12,17-18,21,24,29,34H,2-8,13-16,19-20H2,1H3,(H,32,35). The monoisotopic (exact) mass is 520 g/mol. The van der Waals surface area contributed by atoms with Crippen LogP contribution in [0.25, 0.3) is 0 Å². The van der Waals surface area contributed by atoms with Gasteiger partial charge >= 0.3 is 5.97 Å². The number of carbonyl (C=O) groups excluding carboxylic acids is 2. The molecule has 0 bridgehead atoms. The summed E-state index contributed by atoms with van der Waals surface area (Å²) in [5.74, 6) is 0.745. The maximum atomic E-state index is 13.9. The van der Waals surface area contributed by atoms with Gasteiger partial charge < -0.3 is 24.8 Å². The molecule has 2 fully saturated rings. The molecule has 0 spiro atoms. The second-order valence-corrected chi connectivity index (χ2v) is 11.1. The van der Waals surface area contributed by atoms with Crippen molar-refractivity contribution in [3.8, 4) is 11.5 Å². The van der Waals surface area contributed by atoms with Crippen LogP contribution < -0.4 is 10.1 Å². The molecule has 2 aliphatic heterocycles. The maximum absolute atomic E-state index is 13.9. The van der Waals surface area contributed by atoms with Crippen LogP contribution in [-0.4, -0.2) is 54.7 Å². The quantitative estimate of drug-likeness (QED) is 0.513. The fraction of sp³-hybridized carbons (Fsp3) is 0.548. The van der Waals surface area contributed by atoms with Crippen molar-refractivity contribution in [2.24, 2.45) is 5.92 Å². The number of amides is 1. The Hall–Kier alpha value is -2.90. The summed E-state index contributed by atoms with van der Waals surface area (Å²) in [6, 6.07) is 10.6. The van der Waals surface area contributed by atoms with Crippen molar-refractivity contribution < 1.29 is 24.2 Å². The van der Waals surface area contributed by atoms with E-state index in [0.717, 1.165) is 31.8 Å². The molecule has 1 atom stereocenters. The molecule has 2 heterocycles. The molecule has 0 radical (unpaired) electrons. The van der Waals surface area contributed by atoms with Gasteiger partial charge in [0.2, 0.25) is 5.91 Å². The number of fused-ring (bicyclic) bond motifs is 2. The number of rotatable bonds is 6. The van der Waals surface area contributed by atoms with E-state index in [2.05, 4.69) is 10.2 Å². The van der Waals surface area contributed by atoms with E-state index in [9.17, 15) is 14.7 Å². The van der Waals surface area contributed by atoms with Crippen LogP contribution in [0.4, 0.5) is 0 Å². The second-order valence-electron chi connectivity index (χ2n) is 11.1. The average Bonchev–Trinajstić information content (AvgIpc) is 2.93. The third-order valence-corrected chi connectivity index (χ3v) is 8.47. The van der Waals surface area contributed by atoms with Gasteiger partial charge in [-0.1, -0.05) is 38.2 Å². The Morgan fingerprint density at radius 1 is 0.947 bits per heavy atom. The molecule has 2 aromatic rings. The largest absolute Gasteiger partial charge is 0.465 e. The minimum absolute atomic E-state index is 0.105. The molecule has 7 heteroatoms. The predicted molar refractivity (Wildman–Crippen MR) is 145 cm³/mol. The maximum Gasteiger partial charge on any atom is 0.337 e. The average molecular weight is 521 g/mol. The van der Waals surface area contributed by atoms with Crippen molar-refractivity contribution in [2.45, 2.75) is 76.4 Å². The van der Waals surface area contributed by atoms with Crippen LogP contribution in [-0.2, 0) is 16.1 Å². The number of likely N-dealkylation sites (tertiary alicyclic amines) is 1. The van der Waals surface area contributed by atoms with Crippen molar-refractivity contribution in [2.75, 3.05) is 26.7 Å². The zero-order valence-corrected chi connectivity index (χ0v) is 22.4. The number of hydrogen-bond donors (Lipinski definition) is 2. The van der Waals surface area contributed by atoms with Crippen LogP contribution in [0, 0.1) is 5.92 Å². The van der Waals surface area contributed by atoms with Crippen molar-refractivity contribution in [3.05, 3.63) is 58.7 Å². The zero-order chi connectivity index (χ0) is 26.5. The Kier molecular flexibility index (Phi) is 8.65. The Morgan fingerprint density at radius 3 is 2.29 bits per heavy atom. The number of methoxy groups -OCH3 is 1. The van der Waals surface area contributed by atoms with Crippen LogP contribution in [0.2, 0.25) is 0 Å². The first-order valence-electron chi connectivity index (χ1n) is 14.2. The Bertz CT molecular complexity index is 1130. The minimum atomic E-state index is -0.641. The number of benzene rings is 2. The molecule has 3 aliphatic rings. The van der Waals surface area contributed by atoms with E-state index < -0.39 is 11.9 Å². The number of nitrogens with one attached hydrogen (secondary N) is 1. The van der Waals surface area contributed by atoms with E-state index in [0.29, 0.717) is 33.8 Å². The molecule has 5 rings (SSSR count). The molecular weight excluding hydrogens is 480 g/mol. The summed E-state index contributed by atoms with van der Waals surface area (Å²) in [4.78, 5) is 28.7. The first-order chi connectivity index (χ1) is 18.6. The molecule has 1 unspecified atom stereocenters. The lowest BCUT2D eigenvalue weighted by Gasteiger charge is -2.36. The smallest absolute Gasteiger partial charge is 0.337 e. The van der Waals surface area contributed by atoms with E-state index in [4.69, 9.17) is 9.47 Å². The summed E-state index contributed by atoms with van der Waals surface area (Å²) < 4.78 is 11.0. The Labute approximate surface area is 225 Å². The molecule has 2 aromatic carbocycles. The molecular formula is C31H40N2O5.